The standard InChI is InChI=1S/C16H24N2O/c1-3-12-7-5-6-8-14(12)16(19)18-10-9-15(17)13(4-2)11-18/h5-8,13,15H,3-4,9-11,17H2,1-2H3. The molecule has 0 radical (unpaired) electrons. The summed E-state index contributed by atoms with van der Waals surface area (Å²) in [4.78, 5) is 14.6. The summed E-state index contributed by atoms with van der Waals surface area (Å²) in [6, 6.07) is 8.17. The summed E-state index contributed by atoms with van der Waals surface area (Å²) in [6.07, 6.45) is 2.85. The largest absolute Gasteiger partial charge is 0.338 e. The predicted octanol–water partition coefficient (Wildman–Crippen LogP) is 2.45. The Labute approximate surface area is 115 Å². The van der Waals surface area contributed by atoms with Crippen LogP contribution in [-0.2, 0) is 6.42 Å². The van der Waals surface area contributed by atoms with Crippen LogP contribution in [-0.4, -0.2) is 29.9 Å². The molecule has 1 fully saturated rings. The smallest absolute Gasteiger partial charge is 0.254 e. The monoisotopic (exact) mass is 260 g/mol. The molecule has 0 bridgehead atoms. The number of carbonyl (C=O) groups is 1. The Balaban J connectivity index is 2.15. The molecule has 2 N–H and O–H groups in total. The average molecular weight is 260 g/mol. The molecule has 19 heavy (non-hydrogen) atoms. The first-order valence-corrected chi connectivity index (χ1v) is 7.30. The number of nitrogens with zero attached hydrogens (tertiary/aromatic N) is 1. The molecule has 0 aromatic heterocycles. The molecular weight excluding hydrogens is 236 g/mol. The summed E-state index contributed by atoms with van der Waals surface area (Å²) in [5, 5.41) is 0. The maximum atomic E-state index is 12.6. The number of nitrogens with two attached hydrogens (primary N) is 1. The lowest BCUT2D eigenvalue weighted by Crippen LogP contribution is -2.49. The first-order valence-electron chi connectivity index (χ1n) is 7.30. The molecule has 1 saturated heterocycles. The van der Waals surface area contributed by atoms with Crippen LogP contribution in [0.1, 0.15) is 42.6 Å². The first-order chi connectivity index (χ1) is 9.17. The Morgan fingerprint density at radius 3 is 2.79 bits per heavy atom. The van der Waals surface area contributed by atoms with Gasteiger partial charge in [-0.25, -0.2) is 0 Å². The molecule has 2 rings (SSSR count). The van der Waals surface area contributed by atoms with E-state index in [0.29, 0.717) is 5.92 Å². The van der Waals surface area contributed by atoms with Crippen LogP contribution in [0.3, 0.4) is 0 Å². The SMILES string of the molecule is CCc1ccccc1C(=O)N1CCC(N)C(CC)C1. The number of aryl methyl sites for hydroxylation is 1. The van der Waals surface area contributed by atoms with Gasteiger partial charge in [0.05, 0.1) is 0 Å². The molecule has 0 spiro atoms. The van der Waals surface area contributed by atoms with Crippen molar-refractivity contribution in [2.75, 3.05) is 13.1 Å². The summed E-state index contributed by atoms with van der Waals surface area (Å²) < 4.78 is 0. The maximum Gasteiger partial charge on any atom is 0.254 e. The topological polar surface area (TPSA) is 46.3 Å². The van der Waals surface area contributed by atoms with Crippen molar-refractivity contribution in [3.05, 3.63) is 35.4 Å². The van der Waals surface area contributed by atoms with Crippen molar-refractivity contribution < 1.29 is 4.79 Å². The quantitative estimate of drug-likeness (QED) is 0.907. The Morgan fingerprint density at radius 2 is 2.11 bits per heavy atom. The highest BCUT2D eigenvalue weighted by Gasteiger charge is 2.29. The zero-order valence-electron chi connectivity index (χ0n) is 11.9. The van der Waals surface area contributed by atoms with E-state index in [9.17, 15) is 4.79 Å². The second-order valence-corrected chi connectivity index (χ2v) is 5.38. The van der Waals surface area contributed by atoms with Crippen LogP contribution in [0.15, 0.2) is 24.3 Å². The van der Waals surface area contributed by atoms with Gasteiger partial charge in [-0.15, -0.1) is 0 Å². The van der Waals surface area contributed by atoms with Crippen LogP contribution in [0.25, 0.3) is 0 Å². The molecule has 1 aliphatic rings. The van der Waals surface area contributed by atoms with Gasteiger partial charge in [0.2, 0.25) is 0 Å². The fourth-order valence-corrected chi connectivity index (χ4v) is 2.87. The lowest BCUT2D eigenvalue weighted by molar-refractivity contribution is 0.0648. The van der Waals surface area contributed by atoms with Gasteiger partial charge in [0.25, 0.3) is 5.91 Å². The van der Waals surface area contributed by atoms with E-state index >= 15 is 0 Å². The molecule has 2 atom stereocenters. The zero-order valence-corrected chi connectivity index (χ0v) is 11.9. The molecule has 2 unspecified atom stereocenters. The van der Waals surface area contributed by atoms with Crippen molar-refractivity contribution in [2.45, 2.75) is 39.2 Å². The summed E-state index contributed by atoms with van der Waals surface area (Å²) in [6.45, 7) is 5.83. The predicted molar refractivity (Wildman–Crippen MR) is 78.1 cm³/mol. The van der Waals surface area contributed by atoms with Crippen molar-refractivity contribution in [3.8, 4) is 0 Å². The van der Waals surface area contributed by atoms with Crippen molar-refractivity contribution in [1.82, 2.24) is 4.90 Å². The van der Waals surface area contributed by atoms with Gasteiger partial charge < -0.3 is 10.6 Å². The highest BCUT2D eigenvalue weighted by Crippen LogP contribution is 2.21. The summed E-state index contributed by atoms with van der Waals surface area (Å²) >= 11 is 0. The van der Waals surface area contributed by atoms with Gasteiger partial charge in [-0.05, 0) is 30.4 Å². The van der Waals surface area contributed by atoms with Crippen molar-refractivity contribution in [3.63, 3.8) is 0 Å². The minimum atomic E-state index is 0.169. The molecule has 3 nitrogen and oxygen atoms in total. The van der Waals surface area contributed by atoms with E-state index < -0.39 is 0 Å². The lowest BCUT2D eigenvalue weighted by Gasteiger charge is -2.36. The van der Waals surface area contributed by atoms with E-state index in [4.69, 9.17) is 5.73 Å². The van der Waals surface area contributed by atoms with E-state index in [2.05, 4.69) is 13.8 Å². The Hall–Kier alpha value is -1.35. The maximum absolute atomic E-state index is 12.6. The van der Waals surface area contributed by atoms with Gasteiger partial charge in [0.15, 0.2) is 0 Å². The van der Waals surface area contributed by atoms with Gasteiger partial charge in [-0.1, -0.05) is 38.5 Å². The third-order valence-electron chi connectivity index (χ3n) is 4.23. The molecule has 3 heteroatoms. The molecule has 1 aliphatic heterocycles. The molecule has 1 aromatic rings. The minimum absolute atomic E-state index is 0.169. The van der Waals surface area contributed by atoms with Crippen LogP contribution in [0.5, 0.6) is 0 Å². The van der Waals surface area contributed by atoms with Crippen LogP contribution in [0.4, 0.5) is 0 Å². The fraction of sp³-hybridized carbons (Fsp3) is 0.562. The molecule has 1 heterocycles. The van der Waals surface area contributed by atoms with Crippen LogP contribution in [0, 0.1) is 5.92 Å². The number of rotatable bonds is 3. The summed E-state index contributed by atoms with van der Waals surface area (Å²) in [5.41, 5.74) is 8.10. The highest BCUT2D eigenvalue weighted by atomic mass is 16.2. The second kappa shape index (κ2) is 6.20. The molecule has 1 amide bonds. The number of benzene rings is 1. The zero-order chi connectivity index (χ0) is 13.8. The Kier molecular flexibility index (Phi) is 4.59. The summed E-state index contributed by atoms with van der Waals surface area (Å²) in [5.74, 6) is 0.606. The highest BCUT2D eigenvalue weighted by molar-refractivity contribution is 5.95. The van der Waals surface area contributed by atoms with Crippen molar-refractivity contribution >= 4 is 5.91 Å². The molecule has 1 aromatic carbocycles. The number of likely N-dealkylation sites (tertiary alicyclic amines) is 1. The normalized spacial score (nSPS) is 23.4. The van der Waals surface area contributed by atoms with Crippen molar-refractivity contribution in [2.24, 2.45) is 11.7 Å². The molecule has 0 saturated carbocycles. The third kappa shape index (κ3) is 2.98. The van der Waals surface area contributed by atoms with E-state index in [1.54, 1.807) is 0 Å². The number of hydrogen-bond acceptors (Lipinski definition) is 2. The van der Waals surface area contributed by atoms with Crippen molar-refractivity contribution in [1.29, 1.82) is 0 Å². The van der Waals surface area contributed by atoms with E-state index in [-0.39, 0.29) is 11.9 Å². The Bertz CT molecular complexity index is 444. The van der Waals surface area contributed by atoms with Gasteiger partial charge in [0, 0.05) is 24.7 Å². The summed E-state index contributed by atoms with van der Waals surface area (Å²) in [7, 11) is 0. The van der Waals surface area contributed by atoms with E-state index in [1.807, 2.05) is 29.2 Å². The van der Waals surface area contributed by atoms with Crippen LogP contribution >= 0.6 is 0 Å². The van der Waals surface area contributed by atoms with Gasteiger partial charge in [-0.2, -0.15) is 0 Å². The molecule has 104 valence electrons. The lowest BCUT2D eigenvalue weighted by atomic mass is 9.90. The number of amides is 1. The number of carbonyl (C=O) groups excluding carboxylic acids is 1. The second-order valence-electron chi connectivity index (χ2n) is 5.38. The molecule has 0 aliphatic carbocycles. The third-order valence-corrected chi connectivity index (χ3v) is 4.23. The molecular formula is C16H24N2O. The van der Waals surface area contributed by atoms with E-state index in [1.165, 1.54) is 0 Å². The van der Waals surface area contributed by atoms with Gasteiger partial charge >= 0.3 is 0 Å². The van der Waals surface area contributed by atoms with Gasteiger partial charge in [-0.3, -0.25) is 4.79 Å². The van der Waals surface area contributed by atoms with Crippen LogP contribution < -0.4 is 5.73 Å². The Morgan fingerprint density at radius 1 is 1.37 bits per heavy atom. The number of hydrogen-bond donors (Lipinski definition) is 1. The van der Waals surface area contributed by atoms with E-state index in [0.717, 1.165) is 43.5 Å². The van der Waals surface area contributed by atoms with Gasteiger partial charge in [0.1, 0.15) is 0 Å². The average Bonchev–Trinajstić information content (AvgIpc) is 2.47. The minimum Gasteiger partial charge on any atom is -0.338 e. The van der Waals surface area contributed by atoms with Crippen LogP contribution in [0.2, 0.25) is 0 Å². The fourth-order valence-electron chi connectivity index (χ4n) is 2.87. The number of piperidine rings is 1. The first kappa shape index (κ1) is 14.1.